The summed E-state index contributed by atoms with van der Waals surface area (Å²) >= 11 is 0. The van der Waals surface area contributed by atoms with Crippen LogP contribution in [0.25, 0.3) is 0 Å². The highest BCUT2D eigenvalue weighted by Gasteiger charge is 2.35. The number of benzene rings is 1. The van der Waals surface area contributed by atoms with Crippen molar-refractivity contribution in [3.63, 3.8) is 0 Å². The van der Waals surface area contributed by atoms with Crippen molar-refractivity contribution in [2.75, 3.05) is 18.5 Å². The predicted octanol–water partition coefficient (Wildman–Crippen LogP) is 3.14. The third-order valence-corrected chi connectivity index (χ3v) is 4.34. The molecule has 0 aromatic heterocycles. The van der Waals surface area contributed by atoms with Gasteiger partial charge in [-0.2, -0.15) is 0 Å². The summed E-state index contributed by atoms with van der Waals surface area (Å²) in [6.07, 6.45) is 6.11. The first-order valence-electron chi connectivity index (χ1n) is 6.93. The molecule has 0 amide bonds. The van der Waals surface area contributed by atoms with E-state index in [1.54, 1.807) is 12.1 Å². The average molecular weight is 261 g/mol. The zero-order chi connectivity index (χ0) is 13.3. The Morgan fingerprint density at radius 3 is 2.79 bits per heavy atom. The molecule has 19 heavy (non-hydrogen) atoms. The fourth-order valence-corrected chi connectivity index (χ4v) is 3.18. The van der Waals surface area contributed by atoms with Gasteiger partial charge in [0.05, 0.1) is 12.3 Å². The fourth-order valence-electron chi connectivity index (χ4n) is 3.18. The minimum atomic E-state index is -0.932. The summed E-state index contributed by atoms with van der Waals surface area (Å²) < 4.78 is 5.89. The largest absolute Gasteiger partial charge is 0.490 e. The van der Waals surface area contributed by atoms with Crippen molar-refractivity contribution in [2.24, 2.45) is 5.41 Å². The van der Waals surface area contributed by atoms with E-state index in [9.17, 15) is 9.90 Å². The Morgan fingerprint density at radius 2 is 2.05 bits per heavy atom. The van der Waals surface area contributed by atoms with Crippen LogP contribution < -0.4 is 10.1 Å². The Bertz CT molecular complexity index is 492. The molecule has 1 heterocycles. The first-order valence-corrected chi connectivity index (χ1v) is 6.93. The molecule has 1 aliphatic heterocycles. The van der Waals surface area contributed by atoms with Gasteiger partial charge in [-0.05, 0) is 25.0 Å². The first-order chi connectivity index (χ1) is 9.20. The van der Waals surface area contributed by atoms with E-state index >= 15 is 0 Å². The minimum Gasteiger partial charge on any atom is -0.490 e. The van der Waals surface area contributed by atoms with E-state index in [-0.39, 0.29) is 11.0 Å². The van der Waals surface area contributed by atoms with Crippen LogP contribution in [-0.2, 0) is 0 Å². The number of carbonyl (C=O) groups is 1. The van der Waals surface area contributed by atoms with Crippen molar-refractivity contribution < 1.29 is 14.6 Å². The molecule has 0 radical (unpaired) electrons. The summed E-state index contributed by atoms with van der Waals surface area (Å²) in [5.74, 6) is -0.435. The van der Waals surface area contributed by atoms with Gasteiger partial charge in [0.25, 0.3) is 0 Å². The molecule has 4 heteroatoms. The van der Waals surface area contributed by atoms with Crippen LogP contribution in [0.4, 0.5) is 5.69 Å². The fraction of sp³-hybridized carbons (Fsp3) is 0.533. The van der Waals surface area contributed by atoms with Crippen LogP contribution in [0, 0.1) is 5.41 Å². The lowest BCUT2D eigenvalue weighted by atomic mass is 9.74. The van der Waals surface area contributed by atoms with E-state index in [1.165, 1.54) is 19.3 Å². The molecule has 0 saturated heterocycles. The SMILES string of the molecule is O=C(O)c1cccc2c1OCC1(CCCCC1)CN2. The van der Waals surface area contributed by atoms with Gasteiger partial charge in [-0.25, -0.2) is 4.79 Å². The van der Waals surface area contributed by atoms with E-state index in [2.05, 4.69) is 5.32 Å². The number of aromatic carboxylic acids is 1. The van der Waals surface area contributed by atoms with Crippen LogP contribution in [0.1, 0.15) is 42.5 Å². The number of carboxylic acid groups (broad SMARTS) is 1. The zero-order valence-electron chi connectivity index (χ0n) is 10.9. The number of hydrogen-bond donors (Lipinski definition) is 2. The van der Waals surface area contributed by atoms with E-state index in [1.807, 2.05) is 6.07 Å². The molecule has 0 unspecified atom stereocenters. The summed E-state index contributed by atoms with van der Waals surface area (Å²) in [6.45, 7) is 1.50. The van der Waals surface area contributed by atoms with Gasteiger partial charge in [0.15, 0.2) is 5.75 Å². The molecule has 2 N–H and O–H groups in total. The number of fused-ring (bicyclic) bond motifs is 1. The molecular weight excluding hydrogens is 242 g/mol. The molecule has 1 fully saturated rings. The molecule has 0 atom stereocenters. The third-order valence-electron chi connectivity index (χ3n) is 4.34. The highest BCUT2D eigenvalue weighted by molar-refractivity contribution is 5.93. The van der Waals surface area contributed by atoms with Crippen molar-refractivity contribution in [1.29, 1.82) is 0 Å². The smallest absolute Gasteiger partial charge is 0.339 e. The van der Waals surface area contributed by atoms with Crippen molar-refractivity contribution >= 4 is 11.7 Å². The number of para-hydroxylation sites is 1. The Morgan fingerprint density at radius 1 is 1.26 bits per heavy atom. The van der Waals surface area contributed by atoms with Gasteiger partial charge >= 0.3 is 5.97 Å². The Hall–Kier alpha value is -1.71. The summed E-state index contributed by atoms with van der Waals surface area (Å²) in [4.78, 5) is 11.2. The second-order valence-corrected chi connectivity index (χ2v) is 5.69. The highest BCUT2D eigenvalue weighted by Crippen LogP contribution is 2.41. The van der Waals surface area contributed by atoms with Crippen LogP contribution in [0.15, 0.2) is 18.2 Å². The Balaban J connectivity index is 1.89. The second-order valence-electron chi connectivity index (χ2n) is 5.69. The third kappa shape index (κ3) is 2.27. The normalized spacial score (nSPS) is 20.8. The molecule has 102 valence electrons. The lowest BCUT2D eigenvalue weighted by Crippen LogP contribution is -2.36. The second kappa shape index (κ2) is 4.76. The molecule has 1 aliphatic carbocycles. The lowest BCUT2D eigenvalue weighted by Gasteiger charge is -2.35. The molecule has 3 rings (SSSR count). The van der Waals surface area contributed by atoms with Crippen LogP contribution in [0.3, 0.4) is 0 Å². The van der Waals surface area contributed by atoms with Crippen molar-refractivity contribution in [1.82, 2.24) is 0 Å². The number of ether oxygens (including phenoxy) is 1. The number of nitrogens with one attached hydrogen (secondary N) is 1. The van der Waals surface area contributed by atoms with E-state index in [0.29, 0.717) is 12.4 Å². The van der Waals surface area contributed by atoms with E-state index in [0.717, 1.165) is 25.1 Å². The maximum absolute atomic E-state index is 11.2. The number of rotatable bonds is 1. The minimum absolute atomic E-state index is 0.174. The standard InChI is InChI=1S/C15H19NO3/c17-14(18)11-5-4-6-12-13(11)19-10-15(9-16-12)7-2-1-3-8-15/h4-6,16H,1-3,7-10H2,(H,17,18). The van der Waals surface area contributed by atoms with Crippen molar-refractivity contribution in [2.45, 2.75) is 32.1 Å². The number of anilines is 1. The zero-order valence-corrected chi connectivity index (χ0v) is 10.9. The van der Waals surface area contributed by atoms with Crippen LogP contribution in [-0.4, -0.2) is 24.2 Å². The molecule has 1 saturated carbocycles. The summed E-state index contributed by atoms with van der Waals surface area (Å²) in [5, 5.41) is 12.6. The van der Waals surface area contributed by atoms with Crippen LogP contribution in [0.5, 0.6) is 5.75 Å². The number of carboxylic acids is 1. The molecule has 1 spiro atoms. The van der Waals surface area contributed by atoms with Gasteiger partial charge in [-0.1, -0.05) is 25.3 Å². The van der Waals surface area contributed by atoms with Gasteiger partial charge < -0.3 is 15.2 Å². The average Bonchev–Trinajstić information content (AvgIpc) is 2.60. The van der Waals surface area contributed by atoms with E-state index < -0.39 is 5.97 Å². The van der Waals surface area contributed by atoms with Crippen molar-refractivity contribution in [3.8, 4) is 5.75 Å². The van der Waals surface area contributed by atoms with Gasteiger partial charge in [0.1, 0.15) is 5.56 Å². The lowest BCUT2D eigenvalue weighted by molar-refractivity contribution is 0.0685. The highest BCUT2D eigenvalue weighted by atomic mass is 16.5. The van der Waals surface area contributed by atoms with Gasteiger partial charge in [0.2, 0.25) is 0 Å². The van der Waals surface area contributed by atoms with Gasteiger partial charge in [-0.15, -0.1) is 0 Å². The predicted molar refractivity (Wildman–Crippen MR) is 72.9 cm³/mol. The molecule has 1 aromatic rings. The van der Waals surface area contributed by atoms with Gasteiger partial charge in [0, 0.05) is 12.0 Å². The van der Waals surface area contributed by atoms with Crippen molar-refractivity contribution in [3.05, 3.63) is 23.8 Å². The molecule has 1 aromatic carbocycles. The first kappa shape index (κ1) is 12.3. The number of hydrogen-bond acceptors (Lipinski definition) is 3. The maximum Gasteiger partial charge on any atom is 0.339 e. The van der Waals surface area contributed by atoms with Crippen LogP contribution >= 0.6 is 0 Å². The maximum atomic E-state index is 11.2. The summed E-state index contributed by atoms with van der Waals surface area (Å²) in [7, 11) is 0. The molecule has 0 bridgehead atoms. The topological polar surface area (TPSA) is 58.6 Å². The molecular formula is C15H19NO3. The summed E-state index contributed by atoms with van der Waals surface area (Å²) in [5.41, 5.74) is 1.23. The van der Waals surface area contributed by atoms with E-state index in [4.69, 9.17) is 4.74 Å². The van der Waals surface area contributed by atoms with Crippen LogP contribution in [0.2, 0.25) is 0 Å². The monoisotopic (exact) mass is 261 g/mol. The Labute approximate surface area is 112 Å². The molecule has 4 nitrogen and oxygen atoms in total. The Kier molecular flexibility index (Phi) is 3.09. The summed E-state index contributed by atoms with van der Waals surface area (Å²) in [6, 6.07) is 5.25. The van der Waals surface area contributed by atoms with Gasteiger partial charge in [-0.3, -0.25) is 0 Å². The molecule has 2 aliphatic rings. The quantitative estimate of drug-likeness (QED) is 0.815.